The maximum absolute atomic E-state index is 12.1. The Morgan fingerprint density at radius 2 is 1.59 bits per heavy atom. The van der Waals surface area contributed by atoms with Crippen molar-refractivity contribution in [2.75, 3.05) is 11.2 Å². The molecule has 0 saturated heterocycles. The summed E-state index contributed by atoms with van der Waals surface area (Å²) in [5, 5.41) is 12.9. The van der Waals surface area contributed by atoms with E-state index < -0.39 is 5.72 Å². The normalized spacial score (nSPS) is 21.7. The molecule has 142 valence electrons. The van der Waals surface area contributed by atoms with Crippen molar-refractivity contribution in [2.24, 2.45) is 9.98 Å². The number of hydrogen-bond acceptors (Lipinski definition) is 4. The van der Waals surface area contributed by atoms with Gasteiger partial charge in [0.25, 0.3) is 0 Å². The highest BCUT2D eigenvalue weighted by atomic mass is 32.2. The van der Waals surface area contributed by atoms with Gasteiger partial charge in [0.05, 0.1) is 11.2 Å². The topological polar surface area (TPSA) is 48.2 Å². The third-order valence-corrected chi connectivity index (χ3v) is 5.13. The van der Waals surface area contributed by atoms with Crippen molar-refractivity contribution in [3.63, 3.8) is 0 Å². The van der Waals surface area contributed by atoms with E-state index in [0.29, 0.717) is 5.84 Å². The van der Waals surface area contributed by atoms with E-state index in [1.54, 1.807) is 0 Å². The van der Waals surface area contributed by atoms with Crippen LogP contribution in [0.2, 0.25) is 0 Å². The van der Waals surface area contributed by atoms with Gasteiger partial charge in [-0.1, -0.05) is 60.3 Å². The number of nitrogens with zero attached hydrogens (tertiary/aromatic N) is 3. The lowest BCUT2D eigenvalue weighted by atomic mass is 9.97. The Labute approximate surface area is 166 Å². The van der Waals surface area contributed by atoms with E-state index in [2.05, 4.69) is 26.0 Å². The molecule has 5 heteroatoms. The Kier molecular flexibility index (Phi) is 5.19. The number of aryl methyl sites for hydroxylation is 2. The quantitative estimate of drug-likeness (QED) is 0.806. The molecule has 0 saturated carbocycles. The van der Waals surface area contributed by atoms with Crippen LogP contribution >= 0.6 is 11.8 Å². The minimum absolute atomic E-state index is 0.359. The van der Waals surface area contributed by atoms with E-state index in [1.807, 2.05) is 68.3 Å². The van der Waals surface area contributed by atoms with E-state index in [1.165, 1.54) is 11.8 Å². The average Bonchev–Trinajstić information content (AvgIpc) is 2.88. The van der Waals surface area contributed by atoms with Crippen LogP contribution in [0.25, 0.3) is 0 Å². The highest BCUT2D eigenvalue weighted by Gasteiger charge is 2.50. The number of hydrogen-bond donors (Lipinski definition) is 1. The SMILES string of the molecule is CSC1=NC(=NC(C)(C)C)C(O)(c2ccccc2)N1c1c(C)cccc1C. The summed E-state index contributed by atoms with van der Waals surface area (Å²) in [5.74, 6) is 0.424. The molecule has 1 aliphatic heterocycles. The molecule has 0 aromatic heterocycles. The molecule has 4 nitrogen and oxygen atoms in total. The summed E-state index contributed by atoms with van der Waals surface area (Å²) in [6.45, 7) is 10.2. The first-order valence-electron chi connectivity index (χ1n) is 9.06. The van der Waals surface area contributed by atoms with Crippen LogP contribution in [0.3, 0.4) is 0 Å². The monoisotopic (exact) mass is 381 g/mol. The third kappa shape index (κ3) is 3.54. The van der Waals surface area contributed by atoms with Crippen LogP contribution in [-0.2, 0) is 5.72 Å². The zero-order chi connectivity index (χ0) is 19.8. The molecule has 0 radical (unpaired) electrons. The van der Waals surface area contributed by atoms with Crippen LogP contribution < -0.4 is 4.90 Å². The van der Waals surface area contributed by atoms with Gasteiger partial charge in [0, 0.05) is 5.56 Å². The third-order valence-electron chi connectivity index (χ3n) is 4.49. The number of anilines is 1. The highest BCUT2D eigenvalue weighted by Crippen LogP contribution is 2.42. The first kappa shape index (κ1) is 19.6. The molecule has 0 spiro atoms. The lowest BCUT2D eigenvalue weighted by Crippen LogP contribution is -2.50. The minimum atomic E-state index is -1.45. The fraction of sp³-hybridized carbons (Fsp3) is 0.364. The zero-order valence-electron chi connectivity index (χ0n) is 16.8. The molecule has 2 aromatic rings. The van der Waals surface area contributed by atoms with E-state index in [4.69, 9.17) is 9.98 Å². The van der Waals surface area contributed by atoms with Gasteiger partial charge >= 0.3 is 0 Å². The largest absolute Gasteiger partial charge is 0.360 e. The minimum Gasteiger partial charge on any atom is -0.360 e. The van der Waals surface area contributed by atoms with Crippen LogP contribution in [0.1, 0.15) is 37.5 Å². The lowest BCUT2D eigenvalue weighted by Gasteiger charge is -2.37. The predicted octanol–water partition coefficient (Wildman–Crippen LogP) is 4.88. The van der Waals surface area contributed by atoms with Crippen LogP contribution in [-0.4, -0.2) is 27.9 Å². The molecule has 0 fully saturated rings. The summed E-state index contributed by atoms with van der Waals surface area (Å²) in [7, 11) is 0. The number of para-hydroxylation sites is 1. The fourth-order valence-electron chi connectivity index (χ4n) is 3.36. The maximum Gasteiger partial charge on any atom is 0.232 e. The fourth-order valence-corrected chi connectivity index (χ4v) is 3.94. The summed E-state index contributed by atoms with van der Waals surface area (Å²) in [6, 6.07) is 15.8. The van der Waals surface area contributed by atoms with Gasteiger partial charge in [-0.05, 0) is 52.0 Å². The molecule has 3 rings (SSSR count). The summed E-state index contributed by atoms with van der Waals surface area (Å²) in [6.07, 6.45) is 1.98. The van der Waals surface area contributed by atoms with Gasteiger partial charge in [-0.3, -0.25) is 9.89 Å². The molecule has 1 aliphatic rings. The van der Waals surface area contributed by atoms with Crippen molar-refractivity contribution >= 4 is 28.5 Å². The van der Waals surface area contributed by atoms with E-state index in [-0.39, 0.29) is 5.54 Å². The molecule has 0 amide bonds. The Hall–Kier alpha value is -2.11. The second-order valence-corrected chi connectivity index (χ2v) is 8.59. The lowest BCUT2D eigenvalue weighted by molar-refractivity contribution is 0.124. The second kappa shape index (κ2) is 7.13. The number of aliphatic hydroxyl groups is 1. The molecular formula is C22H27N3OS. The van der Waals surface area contributed by atoms with Crippen molar-refractivity contribution in [3.8, 4) is 0 Å². The first-order chi connectivity index (χ1) is 12.7. The number of benzene rings is 2. The Bertz CT molecular complexity index is 879. The molecule has 1 heterocycles. The van der Waals surface area contributed by atoms with Crippen molar-refractivity contribution in [1.29, 1.82) is 0 Å². The number of rotatable bonds is 2. The van der Waals surface area contributed by atoms with Crippen molar-refractivity contribution in [1.82, 2.24) is 0 Å². The number of aliphatic imine (C=N–C) groups is 2. The molecule has 1 atom stereocenters. The molecular weight excluding hydrogens is 354 g/mol. The van der Waals surface area contributed by atoms with Gasteiger partial charge in [-0.2, -0.15) is 0 Å². The van der Waals surface area contributed by atoms with Gasteiger partial charge in [-0.25, -0.2) is 4.99 Å². The molecule has 0 aliphatic carbocycles. The Balaban J connectivity index is 2.33. The first-order valence-corrected chi connectivity index (χ1v) is 10.3. The van der Waals surface area contributed by atoms with Crippen LogP contribution in [0.15, 0.2) is 58.5 Å². The van der Waals surface area contributed by atoms with Crippen LogP contribution in [0.4, 0.5) is 5.69 Å². The molecule has 0 bridgehead atoms. The molecule has 2 aromatic carbocycles. The molecule has 1 unspecified atom stereocenters. The summed E-state index contributed by atoms with van der Waals surface area (Å²) in [4.78, 5) is 11.5. The molecule has 27 heavy (non-hydrogen) atoms. The summed E-state index contributed by atoms with van der Waals surface area (Å²) < 4.78 is 0. The maximum atomic E-state index is 12.1. The van der Waals surface area contributed by atoms with Crippen LogP contribution in [0.5, 0.6) is 0 Å². The number of amidine groups is 2. The van der Waals surface area contributed by atoms with Gasteiger partial charge in [-0.15, -0.1) is 0 Å². The highest BCUT2D eigenvalue weighted by molar-refractivity contribution is 8.13. The van der Waals surface area contributed by atoms with Crippen molar-refractivity contribution in [3.05, 3.63) is 65.2 Å². The average molecular weight is 382 g/mol. The zero-order valence-corrected chi connectivity index (χ0v) is 17.6. The standard InChI is InChI=1S/C22H27N3OS/c1-15-11-10-12-16(2)18(15)25-20(27-6)23-19(24-21(3,4)5)22(25,26)17-13-8-7-9-14-17/h7-14,26H,1-6H3. The van der Waals surface area contributed by atoms with E-state index in [9.17, 15) is 5.11 Å². The van der Waals surface area contributed by atoms with Crippen molar-refractivity contribution in [2.45, 2.75) is 45.9 Å². The number of thioether (sulfide) groups is 1. The van der Waals surface area contributed by atoms with Gasteiger partial charge in [0.2, 0.25) is 5.72 Å². The van der Waals surface area contributed by atoms with Crippen molar-refractivity contribution < 1.29 is 5.11 Å². The van der Waals surface area contributed by atoms with E-state index in [0.717, 1.165) is 27.5 Å². The second-order valence-electron chi connectivity index (χ2n) is 7.82. The van der Waals surface area contributed by atoms with Crippen LogP contribution in [0, 0.1) is 13.8 Å². The van der Waals surface area contributed by atoms with Gasteiger partial charge in [0.1, 0.15) is 0 Å². The predicted molar refractivity (Wildman–Crippen MR) is 117 cm³/mol. The van der Waals surface area contributed by atoms with E-state index >= 15 is 0 Å². The summed E-state index contributed by atoms with van der Waals surface area (Å²) in [5.41, 5.74) is 2.08. The Morgan fingerprint density at radius 1 is 1.00 bits per heavy atom. The van der Waals surface area contributed by atoms with Gasteiger partial charge in [0.15, 0.2) is 11.0 Å². The summed E-state index contributed by atoms with van der Waals surface area (Å²) >= 11 is 1.51. The smallest absolute Gasteiger partial charge is 0.232 e. The van der Waals surface area contributed by atoms with Gasteiger partial charge < -0.3 is 5.11 Å². The molecule has 1 N–H and O–H groups in total. The Morgan fingerprint density at radius 3 is 2.11 bits per heavy atom.